The first-order chi connectivity index (χ1) is 5.69. The van der Waals surface area contributed by atoms with Crippen LogP contribution < -0.4 is 5.73 Å². The molecule has 0 aliphatic heterocycles. The van der Waals surface area contributed by atoms with Gasteiger partial charge in [-0.2, -0.15) is 0 Å². The molecular weight excluding hydrogens is 156 g/mol. The summed E-state index contributed by atoms with van der Waals surface area (Å²) in [7, 11) is 0. The number of nitrogens with zero attached hydrogens (tertiary/aromatic N) is 1. The molecule has 0 aromatic carbocycles. The second kappa shape index (κ2) is 3.51. The number of pyridine rings is 1. The molecule has 0 fully saturated rings. The summed E-state index contributed by atoms with van der Waals surface area (Å²) in [6, 6.07) is 1.63. The van der Waals surface area contributed by atoms with Crippen LogP contribution in [0.15, 0.2) is 6.07 Å². The van der Waals surface area contributed by atoms with Gasteiger partial charge in [-0.1, -0.05) is 0 Å². The van der Waals surface area contributed by atoms with Crippen LogP contribution in [-0.4, -0.2) is 15.2 Å². The summed E-state index contributed by atoms with van der Waals surface area (Å²) in [5.74, 6) is 0. The molecule has 0 spiro atoms. The van der Waals surface area contributed by atoms with Gasteiger partial charge in [0.25, 0.3) is 0 Å². The molecule has 4 N–H and O–H groups in total. The van der Waals surface area contributed by atoms with Gasteiger partial charge in [0.15, 0.2) is 0 Å². The molecule has 1 rings (SSSR count). The Morgan fingerprint density at radius 3 is 2.58 bits per heavy atom. The number of hydrogen-bond donors (Lipinski definition) is 3. The zero-order chi connectivity index (χ0) is 9.14. The molecule has 12 heavy (non-hydrogen) atoms. The molecule has 0 saturated heterocycles. The minimum Gasteiger partial charge on any atom is -0.397 e. The van der Waals surface area contributed by atoms with Crippen LogP contribution in [0.25, 0.3) is 0 Å². The third-order valence-electron chi connectivity index (χ3n) is 1.74. The number of aliphatic hydroxyl groups excluding tert-OH is 2. The van der Waals surface area contributed by atoms with Crippen LogP contribution in [-0.2, 0) is 13.2 Å². The van der Waals surface area contributed by atoms with E-state index in [-0.39, 0.29) is 13.2 Å². The average molecular weight is 168 g/mol. The summed E-state index contributed by atoms with van der Waals surface area (Å²) in [5.41, 5.74) is 7.85. The molecule has 1 aromatic rings. The molecule has 0 unspecified atom stereocenters. The van der Waals surface area contributed by atoms with E-state index in [1.54, 1.807) is 13.0 Å². The summed E-state index contributed by atoms with van der Waals surface area (Å²) in [6.07, 6.45) is 0. The van der Waals surface area contributed by atoms with Crippen molar-refractivity contribution in [3.63, 3.8) is 0 Å². The molecule has 0 radical (unpaired) electrons. The van der Waals surface area contributed by atoms with E-state index in [1.807, 2.05) is 0 Å². The predicted molar refractivity (Wildman–Crippen MR) is 45.2 cm³/mol. The second-order valence-electron chi connectivity index (χ2n) is 2.59. The zero-order valence-electron chi connectivity index (χ0n) is 6.91. The van der Waals surface area contributed by atoms with Gasteiger partial charge in [0, 0.05) is 5.56 Å². The van der Waals surface area contributed by atoms with Crippen molar-refractivity contribution in [2.45, 2.75) is 20.1 Å². The molecule has 4 nitrogen and oxygen atoms in total. The van der Waals surface area contributed by atoms with E-state index < -0.39 is 0 Å². The Balaban J connectivity index is 3.19. The van der Waals surface area contributed by atoms with E-state index in [4.69, 9.17) is 15.9 Å². The van der Waals surface area contributed by atoms with Crippen molar-refractivity contribution in [1.29, 1.82) is 0 Å². The summed E-state index contributed by atoms with van der Waals surface area (Å²) in [5, 5.41) is 17.7. The molecule has 66 valence electrons. The maximum Gasteiger partial charge on any atom is 0.0856 e. The van der Waals surface area contributed by atoms with E-state index in [2.05, 4.69) is 4.98 Å². The van der Waals surface area contributed by atoms with E-state index in [1.165, 1.54) is 0 Å². The normalized spacial score (nSPS) is 10.2. The number of nitrogens with two attached hydrogens (primary N) is 1. The Hall–Kier alpha value is -1.13. The Kier molecular flexibility index (Phi) is 2.62. The van der Waals surface area contributed by atoms with Crippen LogP contribution in [0.2, 0.25) is 0 Å². The number of anilines is 1. The van der Waals surface area contributed by atoms with E-state index in [0.717, 1.165) is 0 Å². The van der Waals surface area contributed by atoms with E-state index >= 15 is 0 Å². The number of nitrogen functional groups attached to an aromatic ring is 1. The third-order valence-corrected chi connectivity index (χ3v) is 1.74. The van der Waals surface area contributed by atoms with Crippen LogP contribution >= 0.6 is 0 Å². The fourth-order valence-corrected chi connectivity index (χ4v) is 0.988. The fourth-order valence-electron chi connectivity index (χ4n) is 0.988. The van der Waals surface area contributed by atoms with Crippen molar-refractivity contribution < 1.29 is 10.2 Å². The highest BCUT2D eigenvalue weighted by atomic mass is 16.3. The smallest absolute Gasteiger partial charge is 0.0856 e. The van der Waals surface area contributed by atoms with Crippen molar-refractivity contribution in [3.8, 4) is 0 Å². The molecule has 0 saturated carbocycles. The highest BCUT2D eigenvalue weighted by molar-refractivity contribution is 5.46. The van der Waals surface area contributed by atoms with Gasteiger partial charge in [0.05, 0.1) is 30.3 Å². The van der Waals surface area contributed by atoms with Gasteiger partial charge in [-0.05, 0) is 13.0 Å². The van der Waals surface area contributed by atoms with Gasteiger partial charge in [0.1, 0.15) is 0 Å². The summed E-state index contributed by atoms with van der Waals surface area (Å²) >= 11 is 0. The lowest BCUT2D eigenvalue weighted by molar-refractivity contribution is 0.255. The van der Waals surface area contributed by atoms with Crippen LogP contribution in [0.1, 0.15) is 17.0 Å². The summed E-state index contributed by atoms with van der Waals surface area (Å²) in [6.45, 7) is 1.44. The molecule has 1 heterocycles. The van der Waals surface area contributed by atoms with Crippen LogP contribution in [0.3, 0.4) is 0 Å². The third kappa shape index (κ3) is 1.54. The molecule has 1 aromatic heterocycles. The van der Waals surface area contributed by atoms with Crippen LogP contribution in [0.5, 0.6) is 0 Å². The van der Waals surface area contributed by atoms with Crippen molar-refractivity contribution >= 4 is 5.69 Å². The molecule has 0 amide bonds. The minimum atomic E-state index is -0.170. The highest BCUT2D eigenvalue weighted by Crippen LogP contribution is 2.14. The molecule has 0 aliphatic rings. The topological polar surface area (TPSA) is 79.4 Å². The Labute approximate surface area is 70.7 Å². The molecule has 4 heteroatoms. The monoisotopic (exact) mass is 168 g/mol. The maximum absolute atomic E-state index is 8.86. The molecular formula is C8H12N2O2. The number of aryl methyl sites for hydroxylation is 1. The fraction of sp³-hybridized carbons (Fsp3) is 0.375. The zero-order valence-corrected chi connectivity index (χ0v) is 6.91. The van der Waals surface area contributed by atoms with Crippen molar-refractivity contribution in [2.24, 2.45) is 0 Å². The first-order valence-corrected chi connectivity index (χ1v) is 3.65. The number of aromatic nitrogens is 1. The van der Waals surface area contributed by atoms with Gasteiger partial charge in [-0.25, -0.2) is 0 Å². The van der Waals surface area contributed by atoms with Crippen molar-refractivity contribution in [1.82, 2.24) is 4.98 Å². The van der Waals surface area contributed by atoms with Gasteiger partial charge >= 0.3 is 0 Å². The Bertz CT molecular complexity index is 258. The quantitative estimate of drug-likeness (QED) is 0.578. The van der Waals surface area contributed by atoms with E-state index in [0.29, 0.717) is 22.6 Å². The highest BCUT2D eigenvalue weighted by Gasteiger charge is 2.04. The number of rotatable bonds is 2. The van der Waals surface area contributed by atoms with Gasteiger partial charge < -0.3 is 15.9 Å². The van der Waals surface area contributed by atoms with Crippen LogP contribution in [0.4, 0.5) is 5.69 Å². The first-order valence-electron chi connectivity index (χ1n) is 3.65. The standard InChI is InChI=1S/C8H12N2O2/c1-5-7(9)2-6(3-11)8(4-12)10-5/h2,11-12H,3-4,9H2,1H3. The SMILES string of the molecule is Cc1nc(CO)c(CO)cc1N. The number of hydrogen-bond acceptors (Lipinski definition) is 4. The van der Waals surface area contributed by atoms with Gasteiger partial charge in [-0.15, -0.1) is 0 Å². The largest absolute Gasteiger partial charge is 0.397 e. The maximum atomic E-state index is 8.86. The van der Waals surface area contributed by atoms with Gasteiger partial charge in [0.2, 0.25) is 0 Å². The van der Waals surface area contributed by atoms with E-state index in [9.17, 15) is 0 Å². The van der Waals surface area contributed by atoms with Crippen LogP contribution in [0, 0.1) is 6.92 Å². The molecule has 0 atom stereocenters. The first kappa shape index (κ1) is 8.96. The van der Waals surface area contributed by atoms with Crippen molar-refractivity contribution in [2.75, 3.05) is 5.73 Å². The lowest BCUT2D eigenvalue weighted by Gasteiger charge is -2.06. The Morgan fingerprint density at radius 1 is 1.42 bits per heavy atom. The average Bonchev–Trinajstić information content (AvgIpc) is 2.09. The summed E-state index contributed by atoms with van der Waals surface area (Å²) < 4.78 is 0. The molecule has 0 bridgehead atoms. The molecule has 0 aliphatic carbocycles. The number of aliphatic hydroxyl groups is 2. The predicted octanol–water partition coefficient (Wildman–Crippen LogP) is -0.0432. The lowest BCUT2D eigenvalue weighted by Crippen LogP contribution is -2.03. The minimum absolute atomic E-state index is 0.145. The van der Waals surface area contributed by atoms with Gasteiger partial charge in [-0.3, -0.25) is 4.98 Å². The second-order valence-corrected chi connectivity index (χ2v) is 2.59. The van der Waals surface area contributed by atoms with Crippen molar-refractivity contribution in [3.05, 3.63) is 23.0 Å². The Morgan fingerprint density at radius 2 is 2.08 bits per heavy atom. The lowest BCUT2D eigenvalue weighted by atomic mass is 10.1. The summed E-state index contributed by atoms with van der Waals surface area (Å²) in [4.78, 5) is 4.03.